The van der Waals surface area contributed by atoms with Crippen molar-refractivity contribution in [2.75, 3.05) is 13.6 Å². The van der Waals surface area contributed by atoms with Gasteiger partial charge in [-0.2, -0.15) is 5.10 Å². The fourth-order valence-electron chi connectivity index (χ4n) is 2.38. The molecule has 4 heteroatoms. The van der Waals surface area contributed by atoms with E-state index < -0.39 is 0 Å². The molecule has 0 spiro atoms. The molecule has 2 unspecified atom stereocenters. The Balaban J connectivity index is 1.91. The summed E-state index contributed by atoms with van der Waals surface area (Å²) < 4.78 is 2.01. The Hall–Kier alpha value is -0.900. The Kier molecular flexibility index (Phi) is 3.36. The molecule has 1 aliphatic rings. The molecule has 0 amide bonds. The van der Waals surface area contributed by atoms with Crippen molar-refractivity contribution in [1.29, 1.82) is 0 Å². The highest BCUT2D eigenvalue weighted by molar-refractivity contribution is 4.93. The zero-order chi connectivity index (χ0) is 10.7. The van der Waals surface area contributed by atoms with Gasteiger partial charge in [0.05, 0.1) is 0 Å². The Morgan fingerprint density at radius 1 is 1.47 bits per heavy atom. The average molecular weight is 208 g/mol. The van der Waals surface area contributed by atoms with Crippen LogP contribution in [0.3, 0.4) is 0 Å². The molecule has 1 N–H and O–H groups in total. The van der Waals surface area contributed by atoms with Crippen LogP contribution in [0.25, 0.3) is 0 Å². The summed E-state index contributed by atoms with van der Waals surface area (Å²) in [5.74, 6) is 2.81. The molecule has 2 atom stereocenters. The second-order valence-electron chi connectivity index (χ2n) is 4.35. The smallest absolute Gasteiger partial charge is 0.138 e. The fourth-order valence-corrected chi connectivity index (χ4v) is 2.38. The molecule has 84 valence electrons. The summed E-state index contributed by atoms with van der Waals surface area (Å²) in [7, 11) is 2.03. The summed E-state index contributed by atoms with van der Waals surface area (Å²) >= 11 is 0. The molecule has 1 heterocycles. The quantitative estimate of drug-likeness (QED) is 0.787. The van der Waals surface area contributed by atoms with E-state index in [1.165, 1.54) is 12.8 Å². The number of nitrogens with one attached hydrogen (secondary N) is 1. The first-order valence-electron chi connectivity index (χ1n) is 5.86. The highest BCUT2D eigenvalue weighted by Gasteiger charge is 2.31. The number of hydrogen-bond donors (Lipinski definition) is 1. The Morgan fingerprint density at radius 3 is 2.87 bits per heavy atom. The normalized spacial score (nSPS) is 25.2. The van der Waals surface area contributed by atoms with Gasteiger partial charge < -0.3 is 5.32 Å². The van der Waals surface area contributed by atoms with Crippen molar-refractivity contribution < 1.29 is 0 Å². The molecule has 1 fully saturated rings. The number of aryl methyl sites for hydroxylation is 1. The second kappa shape index (κ2) is 4.75. The largest absolute Gasteiger partial charge is 0.319 e. The zero-order valence-electron chi connectivity index (χ0n) is 9.61. The van der Waals surface area contributed by atoms with Crippen LogP contribution in [0.15, 0.2) is 6.33 Å². The van der Waals surface area contributed by atoms with Crippen molar-refractivity contribution >= 4 is 0 Å². The molecule has 0 aromatic carbocycles. The number of nitrogens with zero attached hydrogens (tertiary/aromatic N) is 3. The van der Waals surface area contributed by atoms with E-state index in [4.69, 9.17) is 0 Å². The Morgan fingerprint density at radius 2 is 2.27 bits per heavy atom. The van der Waals surface area contributed by atoms with Crippen molar-refractivity contribution in [1.82, 2.24) is 20.1 Å². The van der Waals surface area contributed by atoms with Crippen LogP contribution in [0.2, 0.25) is 0 Å². The summed E-state index contributed by atoms with van der Waals surface area (Å²) in [5, 5.41) is 7.47. The van der Waals surface area contributed by atoms with Gasteiger partial charge in [0.15, 0.2) is 0 Å². The van der Waals surface area contributed by atoms with Gasteiger partial charge in [0, 0.05) is 13.0 Å². The van der Waals surface area contributed by atoms with Gasteiger partial charge >= 0.3 is 0 Å². The van der Waals surface area contributed by atoms with Crippen molar-refractivity contribution in [3.63, 3.8) is 0 Å². The van der Waals surface area contributed by atoms with Crippen LogP contribution in [-0.2, 0) is 13.0 Å². The van der Waals surface area contributed by atoms with E-state index >= 15 is 0 Å². The topological polar surface area (TPSA) is 42.7 Å². The molecule has 4 nitrogen and oxygen atoms in total. The third kappa shape index (κ3) is 2.20. The first-order valence-corrected chi connectivity index (χ1v) is 5.86. The lowest BCUT2D eigenvalue weighted by Gasteiger charge is -2.36. The maximum Gasteiger partial charge on any atom is 0.138 e. The molecule has 0 aliphatic heterocycles. The van der Waals surface area contributed by atoms with E-state index in [1.54, 1.807) is 6.33 Å². The maximum absolute atomic E-state index is 4.33. The molecule has 15 heavy (non-hydrogen) atoms. The predicted octanol–water partition coefficient (Wildman–Crippen LogP) is 1.09. The Bertz CT molecular complexity index is 307. The van der Waals surface area contributed by atoms with E-state index in [1.807, 2.05) is 11.7 Å². The van der Waals surface area contributed by atoms with Crippen molar-refractivity contribution in [3.8, 4) is 0 Å². The van der Waals surface area contributed by atoms with Crippen LogP contribution in [-0.4, -0.2) is 28.4 Å². The minimum atomic E-state index is 0.812. The molecule has 0 radical (unpaired) electrons. The zero-order valence-corrected chi connectivity index (χ0v) is 9.61. The molecule has 1 aliphatic carbocycles. The summed E-state index contributed by atoms with van der Waals surface area (Å²) in [6.45, 7) is 4.19. The summed E-state index contributed by atoms with van der Waals surface area (Å²) in [5.41, 5.74) is 0. The van der Waals surface area contributed by atoms with Gasteiger partial charge in [0.25, 0.3) is 0 Å². The van der Waals surface area contributed by atoms with E-state index in [9.17, 15) is 0 Å². The van der Waals surface area contributed by atoms with Crippen LogP contribution in [0.1, 0.15) is 25.6 Å². The third-order valence-electron chi connectivity index (χ3n) is 3.48. The van der Waals surface area contributed by atoms with Gasteiger partial charge in [-0.25, -0.2) is 4.98 Å². The van der Waals surface area contributed by atoms with Crippen LogP contribution >= 0.6 is 0 Å². The van der Waals surface area contributed by atoms with Crippen LogP contribution in [0.5, 0.6) is 0 Å². The molecule has 1 saturated carbocycles. The highest BCUT2D eigenvalue weighted by atomic mass is 15.3. The third-order valence-corrected chi connectivity index (χ3v) is 3.48. The number of hydrogen-bond acceptors (Lipinski definition) is 3. The van der Waals surface area contributed by atoms with Gasteiger partial charge in [-0.05, 0) is 45.2 Å². The summed E-state index contributed by atoms with van der Waals surface area (Å²) in [6, 6.07) is 0. The molecular weight excluding hydrogens is 188 g/mol. The van der Waals surface area contributed by atoms with E-state index in [0.29, 0.717) is 0 Å². The lowest BCUT2D eigenvalue weighted by Crippen LogP contribution is -2.35. The van der Waals surface area contributed by atoms with Crippen LogP contribution < -0.4 is 5.32 Å². The standard InChI is InChI=1S/C11H20N4/c1-3-15-11(13-8-14-15)6-9-4-5-10(9)7-12-2/h8-10,12H,3-7H2,1-2H3. The Labute approximate surface area is 91.1 Å². The summed E-state index contributed by atoms with van der Waals surface area (Å²) in [4.78, 5) is 4.33. The lowest BCUT2D eigenvalue weighted by molar-refractivity contribution is 0.169. The first kappa shape index (κ1) is 10.6. The molecule has 1 aromatic heterocycles. The predicted molar refractivity (Wildman–Crippen MR) is 59.5 cm³/mol. The minimum absolute atomic E-state index is 0.812. The summed E-state index contributed by atoms with van der Waals surface area (Å²) in [6.07, 6.45) is 5.49. The van der Waals surface area contributed by atoms with Crippen molar-refractivity contribution in [2.24, 2.45) is 11.8 Å². The molecule has 0 saturated heterocycles. The number of rotatable bonds is 5. The second-order valence-corrected chi connectivity index (χ2v) is 4.35. The molecule has 1 aromatic rings. The van der Waals surface area contributed by atoms with Gasteiger partial charge in [0.1, 0.15) is 12.2 Å². The van der Waals surface area contributed by atoms with Gasteiger partial charge in [-0.3, -0.25) is 4.68 Å². The lowest BCUT2D eigenvalue weighted by atomic mass is 9.72. The molecular formula is C11H20N4. The van der Waals surface area contributed by atoms with Crippen molar-refractivity contribution in [2.45, 2.75) is 32.7 Å². The van der Waals surface area contributed by atoms with Gasteiger partial charge in [-0.15, -0.1) is 0 Å². The highest BCUT2D eigenvalue weighted by Crippen LogP contribution is 2.35. The van der Waals surface area contributed by atoms with E-state index in [0.717, 1.165) is 37.2 Å². The minimum Gasteiger partial charge on any atom is -0.319 e. The maximum atomic E-state index is 4.33. The van der Waals surface area contributed by atoms with E-state index in [-0.39, 0.29) is 0 Å². The van der Waals surface area contributed by atoms with Gasteiger partial charge in [-0.1, -0.05) is 0 Å². The SMILES string of the molecule is CCn1ncnc1CC1CCC1CNC. The van der Waals surface area contributed by atoms with Crippen LogP contribution in [0.4, 0.5) is 0 Å². The molecule has 0 bridgehead atoms. The number of aromatic nitrogens is 3. The van der Waals surface area contributed by atoms with E-state index in [2.05, 4.69) is 22.3 Å². The fraction of sp³-hybridized carbons (Fsp3) is 0.818. The monoisotopic (exact) mass is 208 g/mol. The van der Waals surface area contributed by atoms with Crippen molar-refractivity contribution in [3.05, 3.63) is 12.2 Å². The first-order chi connectivity index (χ1) is 7.35. The van der Waals surface area contributed by atoms with Gasteiger partial charge in [0.2, 0.25) is 0 Å². The van der Waals surface area contributed by atoms with Crippen LogP contribution in [0, 0.1) is 11.8 Å². The molecule has 2 rings (SSSR count). The average Bonchev–Trinajstić information content (AvgIpc) is 2.68.